The standard InChI is InChI=1S/C17H18N2O2/c1-12(2)19-11-18-10-15(19)4-5-16(20)13-3-6-17-14(9-13)7-8-21-17/h3-6,9-12H,7-8H2,1-2H3. The van der Waals surface area contributed by atoms with Crippen molar-refractivity contribution in [2.24, 2.45) is 0 Å². The lowest BCUT2D eigenvalue weighted by Gasteiger charge is -2.08. The van der Waals surface area contributed by atoms with E-state index < -0.39 is 0 Å². The zero-order valence-electron chi connectivity index (χ0n) is 12.2. The highest BCUT2D eigenvalue weighted by atomic mass is 16.5. The lowest BCUT2D eigenvalue weighted by Crippen LogP contribution is -2.01. The highest BCUT2D eigenvalue weighted by molar-refractivity contribution is 6.06. The van der Waals surface area contributed by atoms with Crippen molar-refractivity contribution in [1.29, 1.82) is 0 Å². The Morgan fingerprint density at radius 2 is 2.29 bits per heavy atom. The molecule has 21 heavy (non-hydrogen) atoms. The van der Waals surface area contributed by atoms with Crippen LogP contribution in [0, 0.1) is 0 Å². The van der Waals surface area contributed by atoms with Gasteiger partial charge in [0.25, 0.3) is 0 Å². The molecule has 1 aromatic carbocycles. The molecule has 1 aromatic heterocycles. The lowest BCUT2D eigenvalue weighted by atomic mass is 10.1. The van der Waals surface area contributed by atoms with Crippen molar-refractivity contribution in [3.63, 3.8) is 0 Å². The van der Waals surface area contributed by atoms with E-state index in [2.05, 4.69) is 18.8 Å². The van der Waals surface area contributed by atoms with Crippen LogP contribution in [-0.2, 0) is 6.42 Å². The fraction of sp³-hybridized carbons (Fsp3) is 0.294. The Balaban J connectivity index is 1.80. The van der Waals surface area contributed by atoms with Crippen LogP contribution >= 0.6 is 0 Å². The van der Waals surface area contributed by atoms with Crippen LogP contribution in [0.2, 0.25) is 0 Å². The van der Waals surface area contributed by atoms with Crippen molar-refractivity contribution in [2.75, 3.05) is 6.61 Å². The number of ketones is 1. The largest absolute Gasteiger partial charge is 0.493 e. The summed E-state index contributed by atoms with van der Waals surface area (Å²) in [4.78, 5) is 16.4. The SMILES string of the molecule is CC(C)n1cncc1C=CC(=O)c1ccc2c(c1)CCO2. The predicted molar refractivity (Wildman–Crippen MR) is 81.6 cm³/mol. The van der Waals surface area contributed by atoms with E-state index in [4.69, 9.17) is 4.74 Å². The van der Waals surface area contributed by atoms with Gasteiger partial charge in [-0.3, -0.25) is 4.79 Å². The Hall–Kier alpha value is -2.36. The second kappa shape index (κ2) is 5.56. The number of nitrogens with zero attached hydrogens (tertiary/aromatic N) is 2. The van der Waals surface area contributed by atoms with E-state index in [9.17, 15) is 4.79 Å². The Kier molecular flexibility index (Phi) is 3.60. The molecule has 2 aromatic rings. The van der Waals surface area contributed by atoms with Gasteiger partial charge in [-0.1, -0.05) is 0 Å². The van der Waals surface area contributed by atoms with Crippen LogP contribution in [0.15, 0.2) is 36.8 Å². The predicted octanol–water partition coefficient (Wildman–Crippen LogP) is 3.30. The third-order valence-corrected chi connectivity index (χ3v) is 3.63. The number of ether oxygens (including phenoxy) is 1. The van der Waals surface area contributed by atoms with Gasteiger partial charge in [0.2, 0.25) is 0 Å². The first-order valence-corrected chi connectivity index (χ1v) is 7.15. The van der Waals surface area contributed by atoms with E-state index in [0.717, 1.165) is 23.4 Å². The number of fused-ring (bicyclic) bond motifs is 1. The molecule has 1 aliphatic rings. The molecule has 4 heteroatoms. The third-order valence-electron chi connectivity index (χ3n) is 3.63. The number of imidazole rings is 1. The van der Waals surface area contributed by atoms with E-state index in [1.165, 1.54) is 0 Å². The summed E-state index contributed by atoms with van der Waals surface area (Å²) in [6, 6.07) is 5.94. The van der Waals surface area contributed by atoms with Gasteiger partial charge in [0, 0.05) is 18.0 Å². The zero-order valence-corrected chi connectivity index (χ0v) is 12.2. The van der Waals surface area contributed by atoms with E-state index >= 15 is 0 Å². The second-order valence-electron chi connectivity index (χ2n) is 5.44. The number of aromatic nitrogens is 2. The lowest BCUT2D eigenvalue weighted by molar-refractivity contribution is 0.104. The minimum Gasteiger partial charge on any atom is -0.493 e. The molecule has 4 nitrogen and oxygen atoms in total. The summed E-state index contributed by atoms with van der Waals surface area (Å²) in [6.45, 7) is 4.87. The summed E-state index contributed by atoms with van der Waals surface area (Å²) in [5.74, 6) is 0.898. The first-order chi connectivity index (χ1) is 10.1. The molecule has 0 aliphatic carbocycles. The topological polar surface area (TPSA) is 44.1 Å². The van der Waals surface area contributed by atoms with Crippen LogP contribution in [0.25, 0.3) is 6.08 Å². The quantitative estimate of drug-likeness (QED) is 0.638. The van der Waals surface area contributed by atoms with Gasteiger partial charge in [0.15, 0.2) is 5.78 Å². The van der Waals surface area contributed by atoms with Crippen molar-refractivity contribution >= 4 is 11.9 Å². The van der Waals surface area contributed by atoms with Gasteiger partial charge >= 0.3 is 0 Å². The highest BCUT2D eigenvalue weighted by Gasteiger charge is 2.14. The van der Waals surface area contributed by atoms with E-state index in [1.807, 2.05) is 28.8 Å². The summed E-state index contributed by atoms with van der Waals surface area (Å²) in [7, 11) is 0. The summed E-state index contributed by atoms with van der Waals surface area (Å²) < 4.78 is 7.48. The maximum atomic E-state index is 12.3. The van der Waals surface area contributed by atoms with Crippen LogP contribution in [-0.4, -0.2) is 21.9 Å². The smallest absolute Gasteiger partial charge is 0.185 e. The van der Waals surface area contributed by atoms with Crippen molar-refractivity contribution < 1.29 is 9.53 Å². The van der Waals surface area contributed by atoms with E-state index in [0.29, 0.717) is 18.2 Å². The number of carbonyl (C=O) groups excluding carboxylic acids is 1. The van der Waals surface area contributed by atoms with E-state index in [1.54, 1.807) is 18.6 Å². The van der Waals surface area contributed by atoms with Gasteiger partial charge in [0.05, 0.1) is 24.8 Å². The van der Waals surface area contributed by atoms with Crippen molar-refractivity contribution in [2.45, 2.75) is 26.3 Å². The van der Waals surface area contributed by atoms with Gasteiger partial charge in [0.1, 0.15) is 5.75 Å². The third kappa shape index (κ3) is 2.75. The molecule has 1 aliphatic heterocycles. The Morgan fingerprint density at radius 1 is 1.43 bits per heavy atom. The molecular weight excluding hydrogens is 264 g/mol. The van der Waals surface area contributed by atoms with Crippen LogP contribution in [0.5, 0.6) is 5.75 Å². The van der Waals surface area contributed by atoms with Gasteiger partial charge in [-0.25, -0.2) is 4.98 Å². The molecule has 2 heterocycles. The molecule has 108 valence electrons. The molecule has 0 bridgehead atoms. The van der Waals surface area contributed by atoms with Gasteiger partial charge in [-0.15, -0.1) is 0 Å². The average molecular weight is 282 g/mol. The Bertz CT molecular complexity index is 699. The molecule has 0 radical (unpaired) electrons. The number of carbonyl (C=O) groups is 1. The van der Waals surface area contributed by atoms with Crippen LogP contribution in [0.1, 0.15) is 41.5 Å². The highest BCUT2D eigenvalue weighted by Crippen LogP contribution is 2.26. The second-order valence-corrected chi connectivity index (χ2v) is 5.44. The van der Waals surface area contributed by atoms with Gasteiger partial charge < -0.3 is 9.30 Å². The van der Waals surface area contributed by atoms with E-state index in [-0.39, 0.29) is 5.78 Å². The average Bonchev–Trinajstić information content (AvgIpc) is 3.12. The van der Waals surface area contributed by atoms with Gasteiger partial charge in [-0.2, -0.15) is 0 Å². The van der Waals surface area contributed by atoms with Crippen LogP contribution in [0.3, 0.4) is 0 Å². The normalized spacial score (nSPS) is 13.7. The van der Waals surface area contributed by atoms with Crippen LogP contribution in [0.4, 0.5) is 0 Å². The fourth-order valence-corrected chi connectivity index (χ4v) is 2.47. The molecule has 0 saturated carbocycles. The van der Waals surface area contributed by atoms with Gasteiger partial charge in [-0.05, 0) is 49.8 Å². The van der Waals surface area contributed by atoms with Crippen molar-refractivity contribution in [3.05, 3.63) is 53.6 Å². The first-order valence-electron chi connectivity index (χ1n) is 7.15. The van der Waals surface area contributed by atoms with Crippen LogP contribution < -0.4 is 4.74 Å². The Labute approximate surface area is 124 Å². The monoisotopic (exact) mass is 282 g/mol. The summed E-state index contributed by atoms with van der Waals surface area (Å²) >= 11 is 0. The number of hydrogen-bond donors (Lipinski definition) is 0. The minimum absolute atomic E-state index is 0.00112. The molecule has 0 spiro atoms. The number of benzene rings is 1. The number of allylic oxidation sites excluding steroid dienone is 1. The maximum Gasteiger partial charge on any atom is 0.185 e. The molecule has 3 rings (SSSR count). The Morgan fingerprint density at radius 3 is 3.10 bits per heavy atom. The molecule has 0 amide bonds. The minimum atomic E-state index is 0.00112. The fourth-order valence-electron chi connectivity index (χ4n) is 2.47. The first kappa shape index (κ1) is 13.6. The molecule has 0 N–H and O–H groups in total. The molecule has 0 fully saturated rings. The molecule has 0 saturated heterocycles. The molecular formula is C17H18N2O2. The summed E-state index contributed by atoms with van der Waals surface area (Å²) in [5, 5.41) is 0. The number of rotatable bonds is 4. The van der Waals surface area contributed by atoms with Crippen molar-refractivity contribution in [1.82, 2.24) is 9.55 Å². The van der Waals surface area contributed by atoms with Crippen molar-refractivity contribution in [3.8, 4) is 5.75 Å². The molecule has 0 unspecified atom stereocenters. The summed E-state index contributed by atoms with van der Waals surface area (Å²) in [5.41, 5.74) is 2.75. The zero-order chi connectivity index (χ0) is 14.8. The number of hydrogen-bond acceptors (Lipinski definition) is 3. The summed E-state index contributed by atoms with van der Waals surface area (Å²) in [6.07, 6.45) is 7.84. The maximum absolute atomic E-state index is 12.3. The molecule has 0 atom stereocenters.